The van der Waals surface area contributed by atoms with Crippen LogP contribution in [0.1, 0.15) is 106 Å². The molecule has 0 N–H and O–H groups in total. The Labute approximate surface area is 197 Å². The zero-order valence-electron chi connectivity index (χ0n) is 21.9. The van der Waals surface area contributed by atoms with E-state index in [2.05, 4.69) is 53.7 Å². The number of carbonyl (C=O) groups excluding carboxylic acids is 1. The second-order valence-corrected chi connectivity index (χ2v) is 12.8. The molecule has 3 saturated carbocycles. The van der Waals surface area contributed by atoms with Gasteiger partial charge in [0.15, 0.2) is 0 Å². The summed E-state index contributed by atoms with van der Waals surface area (Å²) in [6.07, 6.45) is 16.6. The molecule has 0 aromatic rings. The van der Waals surface area contributed by atoms with Gasteiger partial charge in [-0.2, -0.15) is 0 Å². The quantitative estimate of drug-likeness (QED) is 0.318. The maximum atomic E-state index is 11.5. The van der Waals surface area contributed by atoms with E-state index >= 15 is 0 Å². The van der Waals surface area contributed by atoms with E-state index < -0.39 is 0 Å². The standard InChI is InChI=1S/C30H48O2/c1-19(2)20(3)8-9-21(4)26-12-13-27-25-11-10-23-18-24(32-22(5)31)14-16-29(23,6)28(25)15-17-30(26,27)7/h8,10,19,21,24-28H,9,11-18H2,1-7H3/b20-8+/t21-,24+,25+,26-,27+,28+,29+,30-/m1/s1. The molecule has 0 aliphatic heterocycles. The highest BCUT2D eigenvalue weighted by molar-refractivity contribution is 5.66. The van der Waals surface area contributed by atoms with Gasteiger partial charge in [-0.25, -0.2) is 0 Å². The number of hydrogen-bond acceptors (Lipinski definition) is 2. The fourth-order valence-corrected chi connectivity index (χ4v) is 8.71. The van der Waals surface area contributed by atoms with Crippen LogP contribution in [0.5, 0.6) is 0 Å². The minimum Gasteiger partial charge on any atom is -0.462 e. The molecule has 2 heteroatoms. The Morgan fingerprint density at radius 3 is 2.53 bits per heavy atom. The van der Waals surface area contributed by atoms with Gasteiger partial charge in [-0.1, -0.05) is 57.9 Å². The Morgan fingerprint density at radius 1 is 1.09 bits per heavy atom. The van der Waals surface area contributed by atoms with Gasteiger partial charge in [-0.15, -0.1) is 0 Å². The molecule has 4 aliphatic rings. The van der Waals surface area contributed by atoms with Gasteiger partial charge in [0.1, 0.15) is 6.10 Å². The summed E-state index contributed by atoms with van der Waals surface area (Å²) in [6, 6.07) is 0. The molecule has 0 heterocycles. The van der Waals surface area contributed by atoms with Crippen molar-refractivity contribution in [2.75, 3.05) is 0 Å². The van der Waals surface area contributed by atoms with Crippen LogP contribution in [0.3, 0.4) is 0 Å². The largest absolute Gasteiger partial charge is 0.462 e. The van der Waals surface area contributed by atoms with E-state index in [0.29, 0.717) is 16.7 Å². The summed E-state index contributed by atoms with van der Waals surface area (Å²) in [5, 5.41) is 0. The highest BCUT2D eigenvalue weighted by Crippen LogP contribution is 2.67. The van der Waals surface area contributed by atoms with Crippen molar-refractivity contribution in [3.05, 3.63) is 23.3 Å². The Bertz CT molecular complexity index is 776. The second kappa shape index (κ2) is 8.95. The molecular weight excluding hydrogens is 392 g/mol. The average molecular weight is 441 g/mol. The molecule has 180 valence electrons. The van der Waals surface area contributed by atoms with Crippen molar-refractivity contribution in [2.24, 2.45) is 46.3 Å². The average Bonchev–Trinajstić information content (AvgIpc) is 3.08. The summed E-state index contributed by atoms with van der Waals surface area (Å²) in [4.78, 5) is 11.5. The number of fused-ring (bicyclic) bond motifs is 5. The first-order chi connectivity index (χ1) is 15.1. The third-order valence-electron chi connectivity index (χ3n) is 10.9. The Morgan fingerprint density at radius 2 is 1.84 bits per heavy atom. The number of carbonyl (C=O) groups is 1. The Balaban J connectivity index is 1.49. The lowest BCUT2D eigenvalue weighted by Crippen LogP contribution is -2.51. The third-order valence-corrected chi connectivity index (χ3v) is 10.9. The van der Waals surface area contributed by atoms with Gasteiger partial charge in [0.2, 0.25) is 0 Å². The highest BCUT2D eigenvalue weighted by Gasteiger charge is 2.59. The van der Waals surface area contributed by atoms with E-state index in [1.807, 2.05) is 0 Å². The molecule has 0 spiro atoms. The smallest absolute Gasteiger partial charge is 0.302 e. The van der Waals surface area contributed by atoms with Gasteiger partial charge >= 0.3 is 5.97 Å². The van der Waals surface area contributed by atoms with Gasteiger partial charge in [-0.3, -0.25) is 4.79 Å². The predicted octanol–water partition coefficient (Wildman–Crippen LogP) is 8.13. The molecule has 0 radical (unpaired) electrons. The monoisotopic (exact) mass is 440 g/mol. The fraction of sp³-hybridized carbons (Fsp3) is 0.833. The second-order valence-electron chi connectivity index (χ2n) is 12.8. The van der Waals surface area contributed by atoms with Crippen LogP contribution in [0, 0.1) is 46.3 Å². The number of hydrogen-bond donors (Lipinski definition) is 0. The molecule has 3 fully saturated rings. The molecule has 0 aromatic carbocycles. The molecule has 4 aliphatic carbocycles. The predicted molar refractivity (Wildman–Crippen MR) is 133 cm³/mol. The van der Waals surface area contributed by atoms with Gasteiger partial charge in [0.25, 0.3) is 0 Å². The van der Waals surface area contributed by atoms with Crippen LogP contribution < -0.4 is 0 Å². The molecule has 0 saturated heterocycles. The van der Waals surface area contributed by atoms with Crippen molar-refractivity contribution in [1.29, 1.82) is 0 Å². The van der Waals surface area contributed by atoms with Crippen LogP contribution in [0.15, 0.2) is 23.3 Å². The van der Waals surface area contributed by atoms with Crippen molar-refractivity contribution in [3.8, 4) is 0 Å². The van der Waals surface area contributed by atoms with Crippen LogP contribution in [0.4, 0.5) is 0 Å². The molecular formula is C30H48O2. The van der Waals surface area contributed by atoms with E-state index in [1.54, 1.807) is 18.1 Å². The van der Waals surface area contributed by atoms with Crippen LogP contribution in [-0.4, -0.2) is 12.1 Å². The van der Waals surface area contributed by atoms with E-state index in [1.165, 1.54) is 44.9 Å². The topological polar surface area (TPSA) is 26.3 Å². The van der Waals surface area contributed by atoms with Gasteiger partial charge in [0, 0.05) is 13.3 Å². The van der Waals surface area contributed by atoms with E-state index in [0.717, 1.165) is 42.4 Å². The normalized spacial score (nSPS) is 42.6. The Kier molecular flexibility index (Phi) is 6.74. The molecule has 32 heavy (non-hydrogen) atoms. The van der Waals surface area contributed by atoms with Gasteiger partial charge in [-0.05, 0) is 105 Å². The summed E-state index contributed by atoms with van der Waals surface area (Å²) >= 11 is 0. The Hall–Kier alpha value is -1.05. The van der Waals surface area contributed by atoms with Crippen molar-refractivity contribution < 1.29 is 9.53 Å². The lowest BCUT2D eigenvalue weighted by Gasteiger charge is -2.58. The summed E-state index contributed by atoms with van der Waals surface area (Å²) < 4.78 is 5.62. The lowest BCUT2D eigenvalue weighted by molar-refractivity contribution is -0.148. The van der Waals surface area contributed by atoms with Crippen molar-refractivity contribution in [2.45, 2.75) is 112 Å². The van der Waals surface area contributed by atoms with Crippen LogP contribution in [0.25, 0.3) is 0 Å². The minimum atomic E-state index is -0.120. The summed E-state index contributed by atoms with van der Waals surface area (Å²) in [5.74, 6) is 4.80. The van der Waals surface area contributed by atoms with Gasteiger partial charge in [0.05, 0.1) is 0 Å². The van der Waals surface area contributed by atoms with E-state index in [9.17, 15) is 4.79 Å². The molecule has 0 amide bonds. The highest BCUT2D eigenvalue weighted by atomic mass is 16.5. The molecule has 0 aromatic heterocycles. The first-order valence-electron chi connectivity index (χ1n) is 13.6. The molecule has 0 bridgehead atoms. The van der Waals surface area contributed by atoms with Crippen molar-refractivity contribution in [1.82, 2.24) is 0 Å². The molecule has 2 nitrogen and oxygen atoms in total. The molecule has 0 unspecified atom stereocenters. The number of rotatable bonds is 5. The zero-order chi connectivity index (χ0) is 23.3. The number of ether oxygens (including phenoxy) is 1. The lowest BCUT2D eigenvalue weighted by atomic mass is 9.47. The summed E-state index contributed by atoms with van der Waals surface area (Å²) in [6.45, 7) is 16.2. The van der Waals surface area contributed by atoms with Crippen LogP contribution >= 0.6 is 0 Å². The molecule has 4 rings (SSSR count). The SMILES string of the molecule is CC(=O)O[C@H]1CC[C@@]2(C)C(=CC[C@H]3[C@@H]4CC[C@H]([C@H](C)C/C=C(\C)C(C)C)[C@@]4(C)CC[C@@H]32)C1. The van der Waals surface area contributed by atoms with Crippen LogP contribution in [0.2, 0.25) is 0 Å². The zero-order valence-corrected chi connectivity index (χ0v) is 21.9. The minimum absolute atomic E-state index is 0.108. The van der Waals surface area contributed by atoms with E-state index in [-0.39, 0.29) is 12.1 Å². The maximum Gasteiger partial charge on any atom is 0.302 e. The van der Waals surface area contributed by atoms with Crippen molar-refractivity contribution >= 4 is 5.97 Å². The van der Waals surface area contributed by atoms with E-state index in [4.69, 9.17) is 4.74 Å². The fourth-order valence-electron chi connectivity index (χ4n) is 8.71. The molecule has 8 atom stereocenters. The summed E-state index contributed by atoms with van der Waals surface area (Å²) in [5.41, 5.74) is 4.03. The first kappa shape index (κ1) is 24.1. The third kappa shape index (κ3) is 4.14. The number of esters is 1. The summed E-state index contributed by atoms with van der Waals surface area (Å²) in [7, 11) is 0. The number of allylic oxidation sites excluding steroid dienone is 3. The van der Waals surface area contributed by atoms with Crippen LogP contribution in [-0.2, 0) is 9.53 Å². The first-order valence-corrected chi connectivity index (χ1v) is 13.6. The van der Waals surface area contributed by atoms with Gasteiger partial charge < -0.3 is 4.74 Å². The van der Waals surface area contributed by atoms with Crippen molar-refractivity contribution in [3.63, 3.8) is 0 Å². The maximum absolute atomic E-state index is 11.5.